The summed E-state index contributed by atoms with van der Waals surface area (Å²) < 4.78 is 0. The number of nitrogens with one attached hydrogen (secondary N) is 1. The van der Waals surface area contributed by atoms with E-state index in [0.717, 1.165) is 19.5 Å². The van der Waals surface area contributed by atoms with Crippen LogP contribution >= 0.6 is 0 Å². The molecule has 0 aromatic heterocycles. The lowest BCUT2D eigenvalue weighted by Crippen LogP contribution is -2.21. The summed E-state index contributed by atoms with van der Waals surface area (Å²) in [6, 6.07) is 7.42. The van der Waals surface area contributed by atoms with Gasteiger partial charge in [-0.15, -0.1) is 0 Å². The Hall–Kier alpha value is -1.28. The molecule has 0 radical (unpaired) electrons. The van der Waals surface area contributed by atoms with Gasteiger partial charge >= 0.3 is 0 Å². The molecule has 0 amide bonds. The number of phenols is 1. The van der Waals surface area contributed by atoms with E-state index in [-0.39, 0.29) is 0 Å². The predicted molar refractivity (Wildman–Crippen MR) is 62.0 cm³/mol. The van der Waals surface area contributed by atoms with Crippen molar-refractivity contribution in [3.05, 3.63) is 41.5 Å². The molecule has 1 aliphatic rings. The van der Waals surface area contributed by atoms with Gasteiger partial charge in [0.1, 0.15) is 5.75 Å². The summed E-state index contributed by atoms with van der Waals surface area (Å²) in [5.41, 5.74) is 2.81. The van der Waals surface area contributed by atoms with Crippen LogP contribution in [0.4, 0.5) is 0 Å². The van der Waals surface area contributed by atoms with Gasteiger partial charge in [-0.05, 0) is 43.5 Å². The van der Waals surface area contributed by atoms with Gasteiger partial charge in [-0.3, -0.25) is 0 Å². The smallest absolute Gasteiger partial charge is 0.115 e. The van der Waals surface area contributed by atoms with Crippen LogP contribution in [-0.4, -0.2) is 18.2 Å². The third kappa shape index (κ3) is 3.10. The first kappa shape index (κ1) is 10.2. The molecule has 0 heterocycles. The largest absolute Gasteiger partial charge is 0.508 e. The van der Waals surface area contributed by atoms with Crippen molar-refractivity contribution in [2.45, 2.75) is 19.3 Å². The van der Waals surface area contributed by atoms with E-state index in [4.69, 9.17) is 5.11 Å². The molecule has 0 saturated carbocycles. The predicted octanol–water partition coefficient (Wildman–Crippen LogP) is 2.24. The Kier molecular flexibility index (Phi) is 3.41. The molecule has 1 aromatic rings. The summed E-state index contributed by atoms with van der Waals surface area (Å²) in [7, 11) is 0. The monoisotopic (exact) mass is 203 g/mol. The fourth-order valence-corrected chi connectivity index (χ4v) is 1.65. The third-order valence-corrected chi connectivity index (χ3v) is 2.78. The van der Waals surface area contributed by atoms with Gasteiger partial charge in [0.25, 0.3) is 0 Å². The van der Waals surface area contributed by atoms with Crippen LogP contribution in [0.3, 0.4) is 0 Å². The second kappa shape index (κ2) is 4.99. The minimum Gasteiger partial charge on any atom is -0.508 e. The highest BCUT2D eigenvalue weighted by molar-refractivity contribution is 5.26. The lowest BCUT2D eigenvalue weighted by Gasteiger charge is -2.14. The van der Waals surface area contributed by atoms with E-state index in [1.165, 1.54) is 18.4 Å². The molecule has 0 bridgehead atoms. The van der Waals surface area contributed by atoms with Crippen molar-refractivity contribution in [3.63, 3.8) is 0 Å². The van der Waals surface area contributed by atoms with Gasteiger partial charge in [0, 0.05) is 6.54 Å². The lowest BCUT2D eigenvalue weighted by molar-refractivity contribution is 0.475. The van der Waals surface area contributed by atoms with Gasteiger partial charge in [-0.1, -0.05) is 23.8 Å². The Morgan fingerprint density at radius 2 is 1.93 bits per heavy atom. The summed E-state index contributed by atoms with van der Waals surface area (Å²) in [4.78, 5) is 0. The number of hydrogen-bond donors (Lipinski definition) is 2. The maximum absolute atomic E-state index is 9.12. The summed E-state index contributed by atoms with van der Waals surface area (Å²) in [6.45, 7) is 2.04. The van der Waals surface area contributed by atoms with Crippen LogP contribution in [0, 0.1) is 0 Å². The maximum atomic E-state index is 9.12. The van der Waals surface area contributed by atoms with Crippen LogP contribution in [0.2, 0.25) is 0 Å². The molecule has 2 nitrogen and oxygen atoms in total. The molecule has 2 N–H and O–H groups in total. The molecular formula is C13H17NO. The van der Waals surface area contributed by atoms with Crippen molar-refractivity contribution in [2.75, 3.05) is 13.1 Å². The van der Waals surface area contributed by atoms with E-state index in [9.17, 15) is 0 Å². The van der Waals surface area contributed by atoms with Crippen LogP contribution < -0.4 is 5.32 Å². The van der Waals surface area contributed by atoms with Gasteiger partial charge in [-0.25, -0.2) is 0 Å². The van der Waals surface area contributed by atoms with Crippen LogP contribution in [0.15, 0.2) is 35.9 Å². The first-order valence-electron chi connectivity index (χ1n) is 5.51. The van der Waals surface area contributed by atoms with Crippen molar-refractivity contribution < 1.29 is 5.11 Å². The number of allylic oxidation sites excluding steroid dienone is 1. The van der Waals surface area contributed by atoms with E-state index in [1.54, 1.807) is 17.7 Å². The Morgan fingerprint density at radius 3 is 2.53 bits per heavy atom. The average Bonchev–Trinajstić information content (AvgIpc) is 2.18. The minimum absolute atomic E-state index is 0.339. The fraction of sp³-hybridized carbons (Fsp3) is 0.385. The highest BCUT2D eigenvalue weighted by atomic mass is 16.3. The molecule has 1 aromatic carbocycles. The number of phenolic OH excluding ortho intramolecular Hbond substituents is 1. The molecule has 1 aliphatic carbocycles. The van der Waals surface area contributed by atoms with Gasteiger partial charge in [0.2, 0.25) is 0 Å². The van der Waals surface area contributed by atoms with Gasteiger partial charge in [0.15, 0.2) is 0 Å². The first-order valence-corrected chi connectivity index (χ1v) is 5.51. The maximum Gasteiger partial charge on any atom is 0.115 e. The molecular weight excluding hydrogens is 186 g/mol. The SMILES string of the molecule is Oc1ccc(CCNCC2=CCC2)cc1. The van der Waals surface area contributed by atoms with Crippen molar-refractivity contribution >= 4 is 0 Å². The molecule has 15 heavy (non-hydrogen) atoms. The fourth-order valence-electron chi connectivity index (χ4n) is 1.65. The zero-order valence-electron chi connectivity index (χ0n) is 8.87. The van der Waals surface area contributed by atoms with E-state index in [2.05, 4.69) is 11.4 Å². The van der Waals surface area contributed by atoms with E-state index >= 15 is 0 Å². The van der Waals surface area contributed by atoms with Gasteiger partial charge in [0.05, 0.1) is 0 Å². The lowest BCUT2D eigenvalue weighted by atomic mass is 9.99. The Labute approximate surface area is 90.6 Å². The molecule has 0 unspecified atom stereocenters. The second-order valence-corrected chi connectivity index (χ2v) is 3.99. The minimum atomic E-state index is 0.339. The number of rotatable bonds is 5. The highest BCUT2D eigenvalue weighted by Crippen LogP contribution is 2.16. The molecule has 80 valence electrons. The topological polar surface area (TPSA) is 32.3 Å². The first-order chi connectivity index (χ1) is 7.34. The van der Waals surface area contributed by atoms with E-state index in [1.807, 2.05) is 12.1 Å². The van der Waals surface area contributed by atoms with Crippen molar-refractivity contribution in [1.29, 1.82) is 0 Å². The quantitative estimate of drug-likeness (QED) is 0.568. The second-order valence-electron chi connectivity index (χ2n) is 3.99. The van der Waals surface area contributed by atoms with Crippen LogP contribution in [-0.2, 0) is 6.42 Å². The van der Waals surface area contributed by atoms with Crippen molar-refractivity contribution in [3.8, 4) is 5.75 Å². The standard InChI is InChI=1S/C13H17NO/c15-13-6-4-11(5-7-13)8-9-14-10-12-2-1-3-12/h2,4-7,14-15H,1,3,8-10H2. The molecule has 2 rings (SSSR count). The summed E-state index contributed by atoms with van der Waals surface area (Å²) in [5, 5.41) is 12.5. The average molecular weight is 203 g/mol. The molecule has 0 spiro atoms. The van der Waals surface area contributed by atoms with Crippen molar-refractivity contribution in [1.82, 2.24) is 5.32 Å². The summed E-state index contributed by atoms with van der Waals surface area (Å²) in [6.07, 6.45) is 5.85. The zero-order chi connectivity index (χ0) is 10.5. The third-order valence-electron chi connectivity index (χ3n) is 2.78. The van der Waals surface area contributed by atoms with E-state index in [0.29, 0.717) is 5.75 Å². The van der Waals surface area contributed by atoms with Crippen molar-refractivity contribution in [2.24, 2.45) is 0 Å². The Balaban J connectivity index is 1.66. The zero-order valence-corrected chi connectivity index (χ0v) is 8.87. The number of aromatic hydroxyl groups is 1. The number of benzene rings is 1. The molecule has 0 aliphatic heterocycles. The Bertz CT molecular complexity index is 340. The van der Waals surface area contributed by atoms with Gasteiger partial charge in [-0.2, -0.15) is 0 Å². The summed E-state index contributed by atoms with van der Waals surface area (Å²) in [5.74, 6) is 0.339. The molecule has 0 fully saturated rings. The molecule has 2 heteroatoms. The van der Waals surface area contributed by atoms with Crippen LogP contribution in [0.1, 0.15) is 18.4 Å². The van der Waals surface area contributed by atoms with Crippen LogP contribution in [0.5, 0.6) is 5.75 Å². The van der Waals surface area contributed by atoms with Gasteiger partial charge < -0.3 is 10.4 Å². The highest BCUT2D eigenvalue weighted by Gasteiger charge is 2.03. The Morgan fingerprint density at radius 1 is 1.20 bits per heavy atom. The normalized spacial score (nSPS) is 14.5. The van der Waals surface area contributed by atoms with Crippen LogP contribution in [0.25, 0.3) is 0 Å². The molecule has 0 atom stereocenters. The molecule has 0 saturated heterocycles. The van der Waals surface area contributed by atoms with E-state index < -0.39 is 0 Å². The number of hydrogen-bond acceptors (Lipinski definition) is 2. The summed E-state index contributed by atoms with van der Waals surface area (Å²) >= 11 is 0.